The van der Waals surface area contributed by atoms with Gasteiger partial charge >= 0.3 is 0 Å². The number of rotatable bonds is 3. The van der Waals surface area contributed by atoms with Crippen molar-refractivity contribution in [2.24, 2.45) is 0 Å². The van der Waals surface area contributed by atoms with Gasteiger partial charge in [0.05, 0.1) is 0 Å². The molecule has 0 bridgehead atoms. The van der Waals surface area contributed by atoms with E-state index in [1.165, 1.54) is 11.1 Å². The second-order valence-corrected chi connectivity index (χ2v) is 7.73. The Labute approximate surface area is 170 Å². The average Bonchev–Trinajstić information content (AvgIpc) is 3.22. The first-order valence-electron chi connectivity index (χ1n) is 10.1. The molecule has 2 aliphatic heterocycles. The first-order chi connectivity index (χ1) is 14.2. The number of carbonyl (C=O) groups excluding carboxylic acids is 1. The Balaban J connectivity index is 1.26. The molecule has 0 unspecified atom stereocenters. The number of ether oxygens (including phenoxy) is 2. The highest BCUT2D eigenvalue weighted by Gasteiger charge is 2.24. The summed E-state index contributed by atoms with van der Waals surface area (Å²) in [6.07, 6.45) is 0. The first-order valence-corrected chi connectivity index (χ1v) is 10.1. The molecule has 0 aliphatic carbocycles. The van der Waals surface area contributed by atoms with Crippen molar-refractivity contribution in [3.05, 3.63) is 71.3 Å². The zero-order chi connectivity index (χ0) is 19.8. The lowest BCUT2D eigenvalue weighted by Crippen LogP contribution is -2.48. The molecule has 1 saturated heterocycles. The van der Waals surface area contributed by atoms with Crippen LogP contribution < -0.4 is 9.47 Å². The van der Waals surface area contributed by atoms with E-state index in [0.29, 0.717) is 6.79 Å². The molecule has 0 radical (unpaired) electrons. The second-order valence-electron chi connectivity index (χ2n) is 7.73. The van der Waals surface area contributed by atoms with Gasteiger partial charge in [-0.15, -0.1) is 0 Å². The zero-order valence-corrected chi connectivity index (χ0v) is 16.6. The monoisotopic (exact) mass is 388 g/mol. The van der Waals surface area contributed by atoms with Crippen LogP contribution in [0, 0.1) is 6.92 Å². The number of benzene rings is 3. The van der Waals surface area contributed by atoms with Gasteiger partial charge in [-0.1, -0.05) is 36.4 Å². The highest BCUT2D eigenvalue weighted by molar-refractivity contribution is 6.07. The summed E-state index contributed by atoms with van der Waals surface area (Å²) in [6, 6.07) is 18.3. The van der Waals surface area contributed by atoms with Crippen LogP contribution in [0.1, 0.15) is 21.5 Å². The Morgan fingerprint density at radius 3 is 2.48 bits per heavy atom. The normalized spacial score (nSPS) is 16.4. The van der Waals surface area contributed by atoms with E-state index < -0.39 is 0 Å². The van der Waals surface area contributed by atoms with Crippen molar-refractivity contribution in [1.29, 1.82) is 0 Å². The van der Waals surface area contributed by atoms with Gasteiger partial charge in [-0.3, -0.25) is 9.69 Å². The van der Waals surface area contributed by atoms with Crippen molar-refractivity contribution >= 4 is 16.7 Å². The van der Waals surface area contributed by atoms with E-state index >= 15 is 0 Å². The van der Waals surface area contributed by atoms with Gasteiger partial charge in [0, 0.05) is 38.3 Å². The molecule has 0 spiro atoms. The molecule has 0 saturated carbocycles. The van der Waals surface area contributed by atoms with Crippen LogP contribution in [0.4, 0.5) is 0 Å². The van der Waals surface area contributed by atoms with Gasteiger partial charge in [0.15, 0.2) is 11.5 Å². The van der Waals surface area contributed by atoms with E-state index in [-0.39, 0.29) is 5.91 Å². The fraction of sp³-hybridized carbons (Fsp3) is 0.292. The maximum absolute atomic E-state index is 13.2. The SMILES string of the molecule is Cc1ccc(C(=O)N2CCN(Cc3ccc4c(c3)OCO4)CC2)c2ccccc12. The minimum atomic E-state index is 0.129. The summed E-state index contributed by atoms with van der Waals surface area (Å²) >= 11 is 0. The molecule has 5 heteroatoms. The molecule has 1 fully saturated rings. The molecule has 1 amide bonds. The van der Waals surface area contributed by atoms with Crippen molar-refractivity contribution in [2.45, 2.75) is 13.5 Å². The molecule has 29 heavy (non-hydrogen) atoms. The topological polar surface area (TPSA) is 42.0 Å². The summed E-state index contributed by atoms with van der Waals surface area (Å²) in [6.45, 7) is 6.45. The number of piperazine rings is 1. The Kier molecular flexibility index (Phi) is 4.60. The summed E-state index contributed by atoms with van der Waals surface area (Å²) in [5.74, 6) is 1.76. The number of hydrogen-bond donors (Lipinski definition) is 0. The van der Waals surface area contributed by atoms with E-state index in [9.17, 15) is 4.79 Å². The highest BCUT2D eigenvalue weighted by atomic mass is 16.7. The van der Waals surface area contributed by atoms with Gasteiger partial charge in [0.25, 0.3) is 5.91 Å². The molecular formula is C24H24N2O3. The third kappa shape index (κ3) is 3.42. The Hall–Kier alpha value is -3.05. The minimum absolute atomic E-state index is 0.129. The molecule has 2 aliphatic rings. The fourth-order valence-corrected chi connectivity index (χ4v) is 4.21. The quantitative estimate of drug-likeness (QED) is 0.684. The number of amides is 1. The Morgan fingerprint density at radius 1 is 0.897 bits per heavy atom. The molecular weight excluding hydrogens is 364 g/mol. The van der Waals surface area contributed by atoms with Crippen molar-refractivity contribution in [3.63, 3.8) is 0 Å². The Morgan fingerprint density at radius 2 is 1.66 bits per heavy atom. The predicted octanol–water partition coefficient (Wildman–Crippen LogP) is 3.83. The van der Waals surface area contributed by atoms with Crippen LogP contribution in [0.25, 0.3) is 10.8 Å². The van der Waals surface area contributed by atoms with Crippen LogP contribution in [-0.4, -0.2) is 48.7 Å². The van der Waals surface area contributed by atoms with Gasteiger partial charge in [0.1, 0.15) is 0 Å². The smallest absolute Gasteiger partial charge is 0.254 e. The molecule has 2 heterocycles. The third-order valence-electron chi connectivity index (χ3n) is 5.88. The number of nitrogens with zero attached hydrogens (tertiary/aromatic N) is 2. The summed E-state index contributed by atoms with van der Waals surface area (Å²) in [4.78, 5) is 17.6. The van der Waals surface area contributed by atoms with Gasteiger partial charge in [-0.25, -0.2) is 0 Å². The van der Waals surface area contributed by atoms with Crippen molar-refractivity contribution in [2.75, 3.05) is 33.0 Å². The molecule has 5 nitrogen and oxygen atoms in total. The van der Waals surface area contributed by atoms with Crippen LogP contribution in [0.2, 0.25) is 0 Å². The van der Waals surface area contributed by atoms with Crippen molar-refractivity contribution < 1.29 is 14.3 Å². The van der Waals surface area contributed by atoms with Crippen LogP contribution in [0.15, 0.2) is 54.6 Å². The molecule has 0 aromatic heterocycles. The summed E-state index contributed by atoms with van der Waals surface area (Å²) in [7, 11) is 0. The highest BCUT2D eigenvalue weighted by Crippen LogP contribution is 2.33. The molecule has 3 aromatic rings. The first kappa shape index (κ1) is 18.0. The predicted molar refractivity (Wildman–Crippen MR) is 112 cm³/mol. The molecule has 148 valence electrons. The van der Waals surface area contributed by atoms with Crippen LogP contribution in [0.5, 0.6) is 11.5 Å². The van der Waals surface area contributed by atoms with Gasteiger partial charge < -0.3 is 14.4 Å². The summed E-state index contributed by atoms with van der Waals surface area (Å²) in [5.41, 5.74) is 3.21. The van der Waals surface area contributed by atoms with Crippen molar-refractivity contribution in [1.82, 2.24) is 9.80 Å². The lowest BCUT2D eigenvalue weighted by Gasteiger charge is -2.35. The number of fused-ring (bicyclic) bond motifs is 2. The Bertz CT molecular complexity index is 1070. The maximum atomic E-state index is 13.2. The average molecular weight is 388 g/mol. The largest absolute Gasteiger partial charge is 0.454 e. The zero-order valence-electron chi connectivity index (χ0n) is 16.6. The number of carbonyl (C=O) groups is 1. The lowest BCUT2D eigenvalue weighted by atomic mass is 9.99. The van der Waals surface area contributed by atoms with E-state index in [1.54, 1.807) is 0 Å². The maximum Gasteiger partial charge on any atom is 0.254 e. The molecule has 0 N–H and O–H groups in total. The van der Waals surface area contributed by atoms with E-state index in [4.69, 9.17) is 9.47 Å². The third-order valence-corrected chi connectivity index (χ3v) is 5.88. The summed E-state index contributed by atoms with van der Waals surface area (Å²) < 4.78 is 10.9. The molecule has 5 rings (SSSR count). The van der Waals surface area contributed by atoms with Gasteiger partial charge in [-0.2, -0.15) is 0 Å². The van der Waals surface area contributed by atoms with Crippen LogP contribution in [0.3, 0.4) is 0 Å². The van der Waals surface area contributed by atoms with E-state index in [1.807, 2.05) is 41.3 Å². The molecule has 0 atom stereocenters. The standard InChI is InChI=1S/C24H24N2O3/c1-17-6-8-21(20-5-3-2-4-19(17)20)24(27)26-12-10-25(11-13-26)15-18-7-9-22-23(14-18)29-16-28-22/h2-9,14H,10-13,15-16H2,1H3. The van der Waals surface area contributed by atoms with Gasteiger partial charge in [0.2, 0.25) is 6.79 Å². The molecule has 3 aromatic carbocycles. The van der Waals surface area contributed by atoms with Crippen LogP contribution >= 0.6 is 0 Å². The number of hydrogen-bond acceptors (Lipinski definition) is 4. The fourth-order valence-electron chi connectivity index (χ4n) is 4.21. The number of aryl methyl sites for hydroxylation is 1. The lowest BCUT2D eigenvalue weighted by molar-refractivity contribution is 0.0630. The summed E-state index contributed by atoms with van der Waals surface area (Å²) in [5, 5.41) is 2.19. The van der Waals surface area contributed by atoms with E-state index in [0.717, 1.165) is 60.6 Å². The van der Waals surface area contributed by atoms with Gasteiger partial charge in [-0.05, 0) is 47.0 Å². The van der Waals surface area contributed by atoms with Crippen molar-refractivity contribution in [3.8, 4) is 11.5 Å². The minimum Gasteiger partial charge on any atom is -0.454 e. The van der Waals surface area contributed by atoms with Crippen LogP contribution in [-0.2, 0) is 6.54 Å². The second kappa shape index (κ2) is 7.41. The van der Waals surface area contributed by atoms with E-state index in [2.05, 4.69) is 30.0 Å².